The summed E-state index contributed by atoms with van der Waals surface area (Å²) >= 11 is 0. The molecule has 0 bridgehead atoms. The van der Waals surface area contributed by atoms with Gasteiger partial charge in [0.2, 0.25) is 0 Å². The second-order valence-corrected chi connectivity index (χ2v) is 10.3. The fraction of sp³-hybridized carbons (Fsp3) is 0.344. The van der Waals surface area contributed by atoms with Crippen molar-refractivity contribution in [3.05, 3.63) is 87.7 Å². The van der Waals surface area contributed by atoms with E-state index in [2.05, 4.69) is 32.1 Å². The van der Waals surface area contributed by atoms with Crippen molar-refractivity contribution in [2.75, 3.05) is 26.9 Å². The van der Waals surface area contributed by atoms with Gasteiger partial charge in [0.05, 0.1) is 33.4 Å². The molecule has 3 aromatic rings. The minimum atomic E-state index is -0.379. The number of hydrogen-bond acceptors (Lipinski definition) is 5. The second kappa shape index (κ2) is 9.91. The highest BCUT2D eigenvalue weighted by molar-refractivity contribution is 5.79. The third-order valence-corrected chi connectivity index (χ3v) is 7.94. The van der Waals surface area contributed by atoms with Gasteiger partial charge in [-0.2, -0.15) is 0 Å². The predicted molar refractivity (Wildman–Crippen MR) is 143 cm³/mol. The number of aryl methyl sites for hydroxylation is 2. The number of rotatable bonds is 6. The van der Waals surface area contributed by atoms with Crippen molar-refractivity contribution in [2.45, 2.75) is 45.1 Å². The number of carbonyl (C=O) groups excluding carboxylic acids is 1. The molecule has 6 heteroatoms. The standard InChI is InChI=1S/C32H31FO5/c1-18-12-21(20-10-11-36-16-20)13-19(2)31(18)25-6-8-27(33)32-26(25)7-9-28(32)38-23-4-5-24-22(14-30(34)35-3)17-37-29(24)15-23/h4-6,8,10,12-13,15,22,28H,7,9,11,14,16-17H2,1-3H3. The first-order chi connectivity index (χ1) is 18.4. The normalized spacial score (nSPS) is 19.5. The van der Waals surface area contributed by atoms with Gasteiger partial charge in [-0.1, -0.05) is 30.3 Å². The van der Waals surface area contributed by atoms with E-state index in [-0.39, 0.29) is 30.2 Å². The van der Waals surface area contributed by atoms with E-state index in [0.29, 0.717) is 43.3 Å². The Balaban J connectivity index is 1.28. The van der Waals surface area contributed by atoms with Crippen LogP contribution >= 0.6 is 0 Å². The topological polar surface area (TPSA) is 54.0 Å². The van der Waals surface area contributed by atoms with E-state index in [9.17, 15) is 4.79 Å². The summed E-state index contributed by atoms with van der Waals surface area (Å²) in [5.74, 6) is 0.813. The Morgan fingerprint density at radius 2 is 1.92 bits per heavy atom. The van der Waals surface area contributed by atoms with Gasteiger partial charge in [-0.3, -0.25) is 4.79 Å². The molecule has 3 aliphatic rings. The molecule has 0 saturated heterocycles. The molecule has 6 rings (SSSR count). The third kappa shape index (κ3) is 4.37. The Kier molecular flexibility index (Phi) is 6.44. The monoisotopic (exact) mass is 514 g/mol. The Morgan fingerprint density at radius 1 is 1.11 bits per heavy atom. The van der Waals surface area contributed by atoms with E-state index in [1.165, 1.54) is 29.4 Å². The Morgan fingerprint density at radius 3 is 2.66 bits per heavy atom. The molecule has 0 aromatic heterocycles. The summed E-state index contributed by atoms with van der Waals surface area (Å²) in [6, 6.07) is 13.6. The molecule has 2 unspecified atom stereocenters. The van der Waals surface area contributed by atoms with E-state index >= 15 is 4.39 Å². The van der Waals surface area contributed by atoms with Gasteiger partial charge >= 0.3 is 5.97 Å². The number of carbonyl (C=O) groups is 1. The first kappa shape index (κ1) is 24.7. The van der Waals surface area contributed by atoms with Crippen molar-refractivity contribution >= 4 is 11.5 Å². The maximum Gasteiger partial charge on any atom is 0.306 e. The summed E-state index contributed by atoms with van der Waals surface area (Å²) in [6.45, 7) is 5.98. The predicted octanol–water partition coefficient (Wildman–Crippen LogP) is 6.63. The zero-order chi connectivity index (χ0) is 26.4. The number of ether oxygens (including phenoxy) is 4. The SMILES string of the molecule is COC(=O)CC1COc2cc(OC3CCc4c(-c5c(C)cc(C6=CCOC6)cc5C)ccc(F)c43)ccc21. The Bertz CT molecular complexity index is 1430. The van der Waals surface area contributed by atoms with Gasteiger partial charge in [0, 0.05) is 23.1 Å². The van der Waals surface area contributed by atoms with E-state index in [1.54, 1.807) is 6.07 Å². The van der Waals surface area contributed by atoms with E-state index in [0.717, 1.165) is 28.7 Å². The number of methoxy groups -OCH3 is 1. The molecule has 38 heavy (non-hydrogen) atoms. The van der Waals surface area contributed by atoms with Crippen LogP contribution in [-0.4, -0.2) is 32.9 Å². The molecule has 2 heterocycles. The van der Waals surface area contributed by atoms with Crippen LogP contribution in [0.5, 0.6) is 11.5 Å². The van der Waals surface area contributed by atoms with Gasteiger partial charge in [0.15, 0.2) is 0 Å². The van der Waals surface area contributed by atoms with Crippen LogP contribution in [0, 0.1) is 19.7 Å². The molecule has 3 aromatic carbocycles. The van der Waals surface area contributed by atoms with E-state index < -0.39 is 0 Å². The molecule has 0 N–H and O–H groups in total. The molecule has 2 atom stereocenters. The summed E-state index contributed by atoms with van der Waals surface area (Å²) < 4.78 is 37.8. The highest BCUT2D eigenvalue weighted by atomic mass is 19.1. The molecule has 196 valence electrons. The number of fused-ring (bicyclic) bond motifs is 2. The average molecular weight is 515 g/mol. The highest BCUT2D eigenvalue weighted by Crippen LogP contribution is 2.45. The zero-order valence-electron chi connectivity index (χ0n) is 21.9. The molecule has 5 nitrogen and oxygen atoms in total. The first-order valence-corrected chi connectivity index (χ1v) is 13.1. The van der Waals surface area contributed by atoms with Gasteiger partial charge in [-0.05, 0) is 77.8 Å². The van der Waals surface area contributed by atoms with E-state index in [4.69, 9.17) is 18.9 Å². The van der Waals surface area contributed by atoms with Crippen molar-refractivity contribution in [1.29, 1.82) is 0 Å². The Labute approximate surface area is 222 Å². The van der Waals surface area contributed by atoms with Crippen molar-refractivity contribution in [2.24, 2.45) is 0 Å². The van der Waals surface area contributed by atoms with Gasteiger partial charge in [0.1, 0.15) is 23.4 Å². The number of hydrogen-bond donors (Lipinski definition) is 0. The molecule has 1 aliphatic carbocycles. The van der Waals surface area contributed by atoms with Crippen LogP contribution in [0.4, 0.5) is 4.39 Å². The van der Waals surface area contributed by atoms with Crippen LogP contribution in [0.3, 0.4) is 0 Å². The number of benzene rings is 3. The van der Waals surface area contributed by atoms with Crippen LogP contribution in [0.15, 0.2) is 48.5 Å². The van der Waals surface area contributed by atoms with Crippen LogP contribution in [0.1, 0.15) is 58.2 Å². The highest BCUT2D eigenvalue weighted by Gasteiger charge is 2.32. The minimum Gasteiger partial charge on any atom is -0.492 e. The summed E-state index contributed by atoms with van der Waals surface area (Å²) in [7, 11) is 1.39. The lowest BCUT2D eigenvalue weighted by molar-refractivity contribution is -0.141. The molecule has 0 radical (unpaired) electrons. The van der Waals surface area contributed by atoms with Crippen LogP contribution in [-0.2, 0) is 20.7 Å². The maximum absolute atomic E-state index is 15.3. The van der Waals surface area contributed by atoms with Crippen molar-refractivity contribution < 1.29 is 28.1 Å². The quantitative estimate of drug-likeness (QED) is 0.346. The lowest BCUT2D eigenvalue weighted by Gasteiger charge is -2.19. The lowest BCUT2D eigenvalue weighted by atomic mass is 9.88. The smallest absolute Gasteiger partial charge is 0.306 e. The first-order valence-electron chi connectivity index (χ1n) is 13.1. The number of esters is 1. The third-order valence-electron chi connectivity index (χ3n) is 7.94. The van der Waals surface area contributed by atoms with Gasteiger partial charge in [-0.15, -0.1) is 0 Å². The molecule has 0 amide bonds. The molecular formula is C32H31FO5. The van der Waals surface area contributed by atoms with Crippen molar-refractivity contribution in [3.8, 4) is 22.6 Å². The summed E-state index contributed by atoms with van der Waals surface area (Å²) in [4.78, 5) is 11.7. The molecule has 0 fully saturated rings. The average Bonchev–Trinajstić information content (AvgIpc) is 3.66. The van der Waals surface area contributed by atoms with Crippen molar-refractivity contribution in [1.82, 2.24) is 0 Å². The van der Waals surface area contributed by atoms with Crippen LogP contribution in [0.2, 0.25) is 0 Å². The fourth-order valence-electron chi connectivity index (χ4n) is 6.14. The van der Waals surface area contributed by atoms with Crippen molar-refractivity contribution in [3.63, 3.8) is 0 Å². The Hall–Kier alpha value is -3.64. The van der Waals surface area contributed by atoms with Crippen LogP contribution in [0.25, 0.3) is 16.7 Å². The second-order valence-electron chi connectivity index (χ2n) is 10.3. The lowest BCUT2D eigenvalue weighted by Crippen LogP contribution is -2.09. The zero-order valence-corrected chi connectivity index (χ0v) is 21.9. The summed E-state index contributed by atoms with van der Waals surface area (Å²) in [6.07, 6.45) is 3.48. The minimum absolute atomic E-state index is 0.0333. The summed E-state index contributed by atoms with van der Waals surface area (Å²) in [5, 5.41) is 0. The summed E-state index contributed by atoms with van der Waals surface area (Å²) in [5.41, 5.74) is 9.62. The molecule has 0 spiro atoms. The number of halogens is 1. The van der Waals surface area contributed by atoms with Gasteiger partial charge < -0.3 is 18.9 Å². The molecule has 2 aliphatic heterocycles. The fourth-order valence-corrected chi connectivity index (χ4v) is 6.14. The largest absolute Gasteiger partial charge is 0.492 e. The molecular weight excluding hydrogens is 483 g/mol. The maximum atomic E-state index is 15.3. The van der Waals surface area contributed by atoms with Gasteiger partial charge in [-0.25, -0.2) is 4.39 Å². The van der Waals surface area contributed by atoms with Gasteiger partial charge in [0.25, 0.3) is 0 Å². The molecule has 0 saturated carbocycles. The van der Waals surface area contributed by atoms with E-state index in [1.807, 2.05) is 24.3 Å². The van der Waals surface area contributed by atoms with Crippen LogP contribution < -0.4 is 9.47 Å².